The predicted molar refractivity (Wildman–Crippen MR) is 181 cm³/mol. The third-order valence-corrected chi connectivity index (χ3v) is 8.36. The number of methoxy groups -OCH3 is 2. The number of hydrogen-bond acceptors (Lipinski definition) is 9. The van der Waals surface area contributed by atoms with Gasteiger partial charge in [0.2, 0.25) is 0 Å². The van der Waals surface area contributed by atoms with E-state index in [0.717, 1.165) is 26.8 Å². The molecule has 0 radical (unpaired) electrons. The first kappa shape index (κ1) is 30.9. The number of amides is 1. The van der Waals surface area contributed by atoms with Crippen molar-refractivity contribution >= 4 is 55.8 Å². The molecule has 0 unspecified atom stereocenters. The van der Waals surface area contributed by atoms with Gasteiger partial charge in [-0.2, -0.15) is 0 Å². The summed E-state index contributed by atoms with van der Waals surface area (Å²) in [7, 11) is 3.05. The van der Waals surface area contributed by atoms with Gasteiger partial charge in [-0.3, -0.25) is 9.36 Å². The van der Waals surface area contributed by atoms with Crippen LogP contribution >= 0.6 is 15.9 Å². The zero-order chi connectivity index (χ0) is 32.2. The lowest BCUT2D eigenvalue weighted by atomic mass is 10.1. The van der Waals surface area contributed by atoms with Gasteiger partial charge in [0.15, 0.2) is 17.3 Å². The second-order valence-corrected chi connectivity index (χ2v) is 11.4. The van der Waals surface area contributed by atoms with Crippen molar-refractivity contribution in [1.29, 1.82) is 0 Å². The van der Waals surface area contributed by atoms with Crippen LogP contribution < -0.4 is 24.6 Å². The van der Waals surface area contributed by atoms with Crippen LogP contribution in [-0.2, 0) is 4.74 Å². The van der Waals surface area contributed by atoms with E-state index < -0.39 is 5.97 Å². The Hall–Kier alpha value is -5.10. The number of benzene rings is 3. The van der Waals surface area contributed by atoms with Gasteiger partial charge in [-0.1, -0.05) is 34.1 Å². The third kappa shape index (κ3) is 5.95. The maximum absolute atomic E-state index is 13.6. The molecule has 1 aliphatic heterocycles. The standard InChI is InChI=1S/C34H33BrN6O5/c1-4-46-34(43)29-30(24-20-22(35)12-13-25(24)37-32(29)41-15-14-36-21-41)40-18-16-39(17-19-40)27-10-6-5-9-26(27)38-33(42)23-8-7-11-28(44-2)31(23)45-3/h5-15,20-21H,4,16-19H2,1-3H3,(H,38,42). The molecule has 3 heterocycles. The number of aromatic nitrogens is 3. The van der Waals surface area contributed by atoms with Crippen LogP contribution in [0.4, 0.5) is 17.1 Å². The van der Waals surface area contributed by atoms with Crippen LogP contribution in [0.3, 0.4) is 0 Å². The topological polar surface area (TPSA) is 111 Å². The largest absolute Gasteiger partial charge is 0.493 e. The number of hydrogen-bond donors (Lipinski definition) is 1. The smallest absolute Gasteiger partial charge is 0.344 e. The number of nitrogens with one attached hydrogen (secondary N) is 1. The normalized spacial score (nSPS) is 13.0. The number of esters is 1. The number of fused-ring (bicyclic) bond motifs is 1. The van der Waals surface area contributed by atoms with Gasteiger partial charge in [-0.15, -0.1) is 0 Å². The first-order chi connectivity index (χ1) is 22.4. The Morgan fingerprint density at radius 3 is 2.46 bits per heavy atom. The molecular weight excluding hydrogens is 652 g/mol. The predicted octanol–water partition coefficient (Wildman–Crippen LogP) is 5.96. The summed E-state index contributed by atoms with van der Waals surface area (Å²) < 4.78 is 19.1. The lowest BCUT2D eigenvalue weighted by molar-refractivity contribution is 0.0526. The van der Waals surface area contributed by atoms with E-state index in [-0.39, 0.29) is 12.5 Å². The number of carbonyl (C=O) groups excluding carboxylic acids is 2. The van der Waals surface area contributed by atoms with Crippen molar-refractivity contribution in [3.63, 3.8) is 0 Å². The average molecular weight is 686 g/mol. The molecule has 6 rings (SSSR count). The van der Waals surface area contributed by atoms with Gasteiger partial charge < -0.3 is 29.3 Å². The molecule has 0 spiro atoms. The molecule has 1 saturated heterocycles. The summed E-state index contributed by atoms with van der Waals surface area (Å²) in [5.41, 5.74) is 3.84. The molecule has 0 atom stereocenters. The highest BCUT2D eigenvalue weighted by atomic mass is 79.9. The summed E-state index contributed by atoms with van der Waals surface area (Å²) in [6, 6.07) is 18.8. The average Bonchev–Trinajstić information content (AvgIpc) is 3.62. The van der Waals surface area contributed by atoms with Crippen LogP contribution in [0.25, 0.3) is 16.7 Å². The van der Waals surface area contributed by atoms with Crippen molar-refractivity contribution < 1.29 is 23.8 Å². The van der Waals surface area contributed by atoms with E-state index in [4.69, 9.17) is 19.2 Å². The van der Waals surface area contributed by atoms with E-state index in [1.165, 1.54) is 14.2 Å². The Morgan fingerprint density at radius 2 is 1.74 bits per heavy atom. The van der Waals surface area contributed by atoms with Crippen LogP contribution in [-0.4, -0.2) is 73.4 Å². The molecule has 12 heteroatoms. The summed E-state index contributed by atoms with van der Waals surface area (Å²) in [6.45, 7) is 4.50. The zero-order valence-corrected chi connectivity index (χ0v) is 27.3. The minimum absolute atomic E-state index is 0.232. The van der Waals surface area contributed by atoms with Crippen LogP contribution in [0.15, 0.2) is 83.9 Å². The maximum Gasteiger partial charge on any atom is 0.344 e. The number of imidazole rings is 1. The SMILES string of the molecule is CCOC(=O)c1c(-n2ccnc2)nc2ccc(Br)cc2c1N1CCN(c2ccccc2NC(=O)c2cccc(OC)c2OC)CC1. The number of nitrogens with zero attached hydrogens (tertiary/aromatic N) is 5. The molecule has 46 heavy (non-hydrogen) atoms. The Bertz CT molecular complexity index is 1890. The molecule has 11 nitrogen and oxygen atoms in total. The van der Waals surface area contributed by atoms with Gasteiger partial charge in [0.25, 0.3) is 5.91 Å². The van der Waals surface area contributed by atoms with Gasteiger partial charge >= 0.3 is 5.97 Å². The quantitative estimate of drug-likeness (QED) is 0.188. The van der Waals surface area contributed by atoms with E-state index in [1.54, 1.807) is 48.4 Å². The molecule has 1 fully saturated rings. The molecule has 3 aromatic carbocycles. The van der Waals surface area contributed by atoms with E-state index >= 15 is 0 Å². The fourth-order valence-electron chi connectivity index (χ4n) is 5.78. The first-order valence-electron chi connectivity index (χ1n) is 14.8. The number of carbonyl (C=O) groups is 2. The molecule has 1 aliphatic rings. The maximum atomic E-state index is 13.6. The van der Waals surface area contributed by atoms with Crippen molar-refractivity contribution in [3.8, 4) is 17.3 Å². The second kappa shape index (κ2) is 13.5. The van der Waals surface area contributed by atoms with Crippen LogP contribution in [0, 0.1) is 0 Å². The lowest BCUT2D eigenvalue weighted by Crippen LogP contribution is -2.47. The number of halogens is 1. The molecule has 0 bridgehead atoms. The first-order valence-corrected chi connectivity index (χ1v) is 15.6. The zero-order valence-electron chi connectivity index (χ0n) is 25.7. The molecule has 0 saturated carbocycles. The minimum atomic E-state index is -0.445. The Kier molecular flexibility index (Phi) is 9.06. The number of piperazine rings is 1. The highest BCUT2D eigenvalue weighted by molar-refractivity contribution is 9.10. The number of para-hydroxylation sites is 3. The number of anilines is 3. The van der Waals surface area contributed by atoms with Crippen molar-refractivity contribution in [2.45, 2.75) is 6.92 Å². The summed E-state index contributed by atoms with van der Waals surface area (Å²) in [5, 5.41) is 3.91. The number of rotatable bonds is 9. The highest BCUT2D eigenvalue weighted by Gasteiger charge is 2.30. The fraction of sp³-hybridized carbons (Fsp3) is 0.235. The molecule has 5 aromatic rings. The number of ether oxygens (including phenoxy) is 3. The number of pyridine rings is 1. The van der Waals surface area contributed by atoms with E-state index in [0.29, 0.717) is 60.3 Å². The van der Waals surface area contributed by atoms with Gasteiger partial charge in [-0.05, 0) is 49.4 Å². The summed E-state index contributed by atoms with van der Waals surface area (Å²) in [6.07, 6.45) is 5.05. The molecule has 236 valence electrons. The molecule has 0 aliphatic carbocycles. The molecular formula is C34H33BrN6O5. The second-order valence-electron chi connectivity index (χ2n) is 10.5. The van der Waals surface area contributed by atoms with E-state index in [1.807, 2.05) is 42.5 Å². The van der Waals surface area contributed by atoms with Gasteiger partial charge in [0, 0.05) is 48.4 Å². The van der Waals surface area contributed by atoms with Gasteiger partial charge in [-0.25, -0.2) is 14.8 Å². The van der Waals surface area contributed by atoms with Crippen LogP contribution in [0.1, 0.15) is 27.6 Å². The minimum Gasteiger partial charge on any atom is -0.493 e. The van der Waals surface area contributed by atoms with Crippen LogP contribution in [0.5, 0.6) is 11.5 Å². The van der Waals surface area contributed by atoms with Crippen molar-refractivity contribution in [1.82, 2.24) is 14.5 Å². The third-order valence-electron chi connectivity index (χ3n) is 7.87. The molecule has 1 amide bonds. The monoisotopic (exact) mass is 684 g/mol. The highest BCUT2D eigenvalue weighted by Crippen LogP contribution is 2.38. The fourth-order valence-corrected chi connectivity index (χ4v) is 6.14. The van der Waals surface area contributed by atoms with E-state index in [2.05, 4.69) is 36.0 Å². The van der Waals surface area contributed by atoms with Crippen molar-refractivity contribution in [3.05, 3.63) is 95.0 Å². The Balaban J connectivity index is 1.32. The van der Waals surface area contributed by atoms with Crippen LogP contribution in [0.2, 0.25) is 0 Å². The van der Waals surface area contributed by atoms with Crippen molar-refractivity contribution in [2.24, 2.45) is 0 Å². The summed E-state index contributed by atoms with van der Waals surface area (Å²) in [5.74, 6) is 0.566. The summed E-state index contributed by atoms with van der Waals surface area (Å²) >= 11 is 3.61. The van der Waals surface area contributed by atoms with Gasteiger partial charge in [0.1, 0.15) is 11.9 Å². The summed E-state index contributed by atoms with van der Waals surface area (Å²) in [4.78, 5) is 40.5. The van der Waals surface area contributed by atoms with Crippen molar-refractivity contribution in [2.75, 3.05) is 62.1 Å². The lowest BCUT2D eigenvalue weighted by Gasteiger charge is -2.39. The Morgan fingerprint density at radius 1 is 0.957 bits per heavy atom. The molecule has 2 aromatic heterocycles. The Labute approximate surface area is 274 Å². The van der Waals surface area contributed by atoms with E-state index in [9.17, 15) is 9.59 Å². The van der Waals surface area contributed by atoms with Gasteiger partial charge in [0.05, 0.1) is 49.0 Å². The molecule has 1 N–H and O–H groups in total.